The minimum atomic E-state index is -1.36. The monoisotopic (exact) mass is 287 g/mol. The normalized spacial score (nSPS) is 20.0. The molecule has 0 saturated heterocycles. The molecule has 1 aliphatic heterocycles. The van der Waals surface area contributed by atoms with Crippen LogP contribution in [0.25, 0.3) is 6.08 Å². The van der Waals surface area contributed by atoms with Gasteiger partial charge in [-0.1, -0.05) is 12.1 Å². The van der Waals surface area contributed by atoms with Crippen LogP contribution >= 0.6 is 0 Å². The topological polar surface area (TPSA) is 64.1 Å². The molecule has 1 atom stereocenters. The SMILES string of the molecule is Cc1ccc2c(c1N)C=CNC2(N)c1cc(F)ccc1F. The van der Waals surface area contributed by atoms with E-state index in [1.807, 2.05) is 13.0 Å². The van der Waals surface area contributed by atoms with Crippen molar-refractivity contribution in [2.75, 3.05) is 5.73 Å². The summed E-state index contributed by atoms with van der Waals surface area (Å²) >= 11 is 0. The molecule has 0 bridgehead atoms. The Morgan fingerprint density at radius 3 is 2.62 bits per heavy atom. The van der Waals surface area contributed by atoms with E-state index in [4.69, 9.17) is 11.5 Å². The number of hydrogen-bond acceptors (Lipinski definition) is 3. The van der Waals surface area contributed by atoms with Crippen molar-refractivity contribution < 1.29 is 8.78 Å². The van der Waals surface area contributed by atoms with Gasteiger partial charge in [0.25, 0.3) is 0 Å². The second-order valence-corrected chi connectivity index (χ2v) is 5.17. The number of fused-ring (bicyclic) bond motifs is 1. The number of anilines is 1. The summed E-state index contributed by atoms with van der Waals surface area (Å²) in [4.78, 5) is 0. The van der Waals surface area contributed by atoms with Crippen molar-refractivity contribution in [3.63, 3.8) is 0 Å². The van der Waals surface area contributed by atoms with Crippen molar-refractivity contribution in [2.24, 2.45) is 5.73 Å². The lowest BCUT2D eigenvalue weighted by molar-refractivity contribution is 0.439. The van der Waals surface area contributed by atoms with Crippen LogP contribution in [0.3, 0.4) is 0 Å². The van der Waals surface area contributed by atoms with Gasteiger partial charge in [-0.15, -0.1) is 0 Å². The molecular formula is C16H15F2N3. The van der Waals surface area contributed by atoms with Crippen molar-refractivity contribution in [1.82, 2.24) is 5.32 Å². The minimum absolute atomic E-state index is 0.0383. The minimum Gasteiger partial charge on any atom is -0.398 e. The highest BCUT2D eigenvalue weighted by Crippen LogP contribution is 2.36. The summed E-state index contributed by atoms with van der Waals surface area (Å²) in [6.07, 6.45) is 3.38. The Morgan fingerprint density at radius 1 is 1.10 bits per heavy atom. The van der Waals surface area contributed by atoms with Gasteiger partial charge in [0, 0.05) is 22.4 Å². The summed E-state index contributed by atoms with van der Waals surface area (Å²) in [7, 11) is 0. The van der Waals surface area contributed by atoms with Crippen LogP contribution in [0.2, 0.25) is 0 Å². The first kappa shape index (κ1) is 13.6. The molecule has 1 aliphatic rings. The van der Waals surface area contributed by atoms with Crippen molar-refractivity contribution in [3.8, 4) is 0 Å². The third kappa shape index (κ3) is 1.97. The number of benzene rings is 2. The standard InChI is InChI=1S/C16H15F2N3/c1-9-2-4-12-11(15(9)19)6-7-21-16(12,20)13-8-10(17)3-5-14(13)18/h2-8,21H,19-20H2,1H3. The van der Waals surface area contributed by atoms with E-state index in [0.717, 1.165) is 29.3 Å². The van der Waals surface area contributed by atoms with Gasteiger partial charge in [-0.3, -0.25) is 0 Å². The fraction of sp³-hybridized carbons (Fsp3) is 0.125. The van der Waals surface area contributed by atoms with Crippen molar-refractivity contribution in [2.45, 2.75) is 12.6 Å². The highest BCUT2D eigenvalue weighted by Gasteiger charge is 2.36. The Hall–Kier alpha value is -2.40. The Labute approximate surface area is 121 Å². The molecule has 0 aliphatic carbocycles. The van der Waals surface area contributed by atoms with Gasteiger partial charge < -0.3 is 16.8 Å². The van der Waals surface area contributed by atoms with Crippen LogP contribution in [0.5, 0.6) is 0 Å². The second-order valence-electron chi connectivity index (χ2n) is 5.17. The third-order valence-electron chi connectivity index (χ3n) is 3.84. The summed E-state index contributed by atoms with van der Waals surface area (Å²) in [5.74, 6) is -1.12. The predicted molar refractivity (Wildman–Crippen MR) is 79.1 cm³/mol. The first-order chi connectivity index (χ1) is 9.93. The van der Waals surface area contributed by atoms with Gasteiger partial charge in [-0.25, -0.2) is 8.78 Å². The first-order valence-corrected chi connectivity index (χ1v) is 6.51. The molecule has 108 valence electrons. The molecule has 3 rings (SSSR count). The summed E-state index contributed by atoms with van der Waals surface area (Å²) in [5.41, 5.74) is 13.9. The molecule has 1 unspecified atom stereocenters. The highest BCUT2D eigenvalue weighted by molar-refractivity contribution is 5.74. The second kappa shape index (κ2) is 4.56. The van der Waals surface area contributed by atoms with Crippen LogP contribution in [0.4, 0.5) is 14.5 Å². The molecular weight excluding hydrogens is 272 g/mol. The average molecular weight is 287 g/mol. The molecule has 3 nitrogen and oxygen atoms in total. The number of rotatable bonds is 1. The van der Waals surface area contributed by atoms with Crippen LogP contribution < -0.4 is 16.8 Å². The zero-order valence-corrected chi connectivity index (χ0v) is 11.5. The molecule has 0 spiro atoms. The number of hydrogen-bond donors (Lipinski definition) is 3. The quantitative estimate of drug-likeness (QED) is 0.706. The van der Waals surface area contributed by atoms with Gasteiger partial charge >= 0.3 is 0 Å². The summed E-state index contributed by atoms with van der Waals surface area (Å²) in [6, 6.07) is 6.82. The molecule has 5 N–H and O–H groups in total. The largest absolute Gasteiger partial charge is 0.398 e. The number of nitrogens with two attached hydrogens (primary N) is 2. The number of aryl methyl sites for hydroxylation is 1. The molecule has 2 aromatic rings. The molecule has 0 saturated carbocycles. The number of nitrogen functional groups attached to an aromatic ring is 1. The van der Waals surface area contributed by atoms with E-state index in [1.165, 1.54) is 0 Å². The van der Waals surface area contributed by atoms with Crippen LogP contribution in [-0.2, 0) is 5.66 Å². The lowest BCUT2D eigenvalue weighted by Crippen LogP contribution is -2.51. The number of halogens is 2. The van der Waals surface area contributed by atoms with E-state index in [1.54, 1.807) is 18.3 Å². The van der Waals surface area contributed by atoms with E-state index in [2.05, 4.69) is 5.32 Å². The van der Waals surface area contributed by atoms with E-state index >= 15 is 0 Å². The first-order valence-electron chi connectivity index (χ1n) is 6.51. The average Bonchev–Trinajstić information content (AvgIpc) is 2.46. The Kier molecular flexibility index (Phi) is 2.95. The van der Waals surface area contributed by atoms with Crippen molar-refractivity contribution in [1.29, 1.82) is 0 Å². The highest BCUT2D eigenvalue weighted by atomic mass is 19.1. The lowest BCUT2D eigenvalue weighted by Gasteiger charge is -2.36. The van der Waals surface area contributed by atoms with Gasteiger partial charge in [0.2, 0.25) is 0 Å². The van der Waals surface area contributed by atoms with Crippen LogP contribution in [0, 0.1) is 18.6 Å². The van der Waals surface area contributed by atoms with E-state index < -0.39 is 17.3 Å². The van der Waals surface area contributed by atoms with Crippen LogP contribution in [0.15, 0.2) is 36.5 Å². The summed E-state index contributed by atoms with van der Waals surface area (Å²) in [6.45, 7) is 1.88. The number of nitrogens with one attached hydrogen (secondary N) is 1. The van der Waals surface area contributed by atoms with Crippen molar-refractivity contribution in [3.05, 3.63) is 70.4 Å². The maximum Gasteiger partial charge on any atom is 0.142 e. The smallest absolute Gasteiger partial charge is 0.142 e. The molecule has 21 heavy (non-hydrogen) atoms. The maximum atomic E-state index is 14.1. The summed E-state index contributed by atoms with van der Waals surface area (Å²) in [5, 5.41) is 2.92. The lowest BCUT2D eigenvalue weighted by atomic mass is 9.84. The van der Waals surface area contributed by atoms with E-state index in [-0.39, 0.29) is 5.56 Å². The van der Waals surface area contributed by atoms with Gasteiger partial charge in [-0.05, 0) is 43.0 Å². The van der Waals surface area contributed by atoms with Gasteiger partial charge in [0.05, 0.1) is 0 Å². The van der Waals surface area contributed by atoms with Gasteiger partial charge in [0.15, 0.2) is 0 Å². The molecule has 5 heteroatoms. The van der Waals surface area contributed by atoms with E-state index in [0.29, 0.717) is 11.3 Å². The van der Waals surface area contributed by atoms with Crippen molar-refractivity contribution >= 4 is 11.8 Å². The molecule has 0 aromatic heterocycles. The predicted octanol–water partition coefficient (Wildman–Crippen LogP) is 2.59. The molecule has 2 aromatic carbocycles. The third-order valence-corrected chi connectivity index (χ3v) is 3.84. The fourth-order valence-corrected chi connectivity index (χ4v) is 2.63. The summed E-state index contributed by atoms with van der Waals surface area (Å²) < 4.78 is 27.6. The van der Waals surface area contributed by atoms with Gasteiger partial charge in [0.1, 0.15) is 17.3 Å². The zero-order valence-electron chi connectivity index (χ0n) is 11.5. The van der Waals surface area contributed by atoms with E-state index in [9.17, 15) is 8.78 Å². The molecule has 0 amide bonds. The molecule has 0 radical (unpaired) electrons. The Morgan fingerprint density at radius 2 is 1.86 bits per heavy atom. The zero-order chi connectivity index (χ0) is 15.2. The van der Waals surface area contributed by atoms with Gasteiger partial charge in [-0.2, -0.15) is 0 Å². The fourth-order valence-electron chi connectivity index (χ4n) is 2.63. The van der Waals surface area contributed by atoms with Crippen LogP contribution in [0.1, 0.15) is 22.3 Å². The molecule has 1 heterocycles. The maximum absolute atomic E-state index is 14.1. The Bertz CT molecular complexity index is 755. The van der Waals surface area contributed by atoms with Crippen LogP contribution in [-0.4, -0.2) is 0 Å². The Balaban J connectivity index is 2.27. The molecule has 0 fully saturated rings.